The van der Waals surface area contributed by atoms with Crippen LogP contribution in [0.1, 0.15) is 5.69 Å². The van der Waals surface area contributed by atoms with Crippen molar-refractivity contribution in [3.8, 4) is 0 Å². The molecule has 0 amide bonds. The van der Waals surface area contributed by atoms with Gasteiger partial charge in [0.15, 0.2) is 5.69 Å². The number of aromatic nitrogens is 2. The van der Waals surface area contributed by atoms with E-state index in [0.717, 1.165) is 6.20 Å². The Morgan fingerprint density at radius 2 is 2.09 bits per heavy atom. The molecule has 0 aliphatic rings. The zero-order valence-electron chi connectivity index (χ0n) is 5.14. The molecule has 2 nitrogen and oxygen atoms in total. The molecule has 1 heterocycles. The summed E-state index contributed by atoms with van der Waals surface area (Å²) in [6.45, 7) is 0. The predicted octanol–water partition coefficient (Wildman–Crippen LogP) is 2.16. The van der Waals surface area contributed by atoms with Crippen LogP contribution in [0.3, 0.4) is 0 Å². The lowest BCUT2D eigenvalue weighted by molar-refractivity contribution is -0.141. The smallest absolute Gasteiger partial charge is 0.350 e. The topological polar surface area (TPSA) is 28.7 Å². The van der Waals surface area contributed by atoms with Crippen molar-refractivity contribution in [3.63, 3.8) is 0 Å². The van der Waals surface area contributed by atoms with Gasteiger partial charge in [0, 0.05) is 12.4 Å². The number of hydrogen-bond acceptors (Lipinski definition) is 2. The van der Waals surface area contributed by atoms with Crippen LogP contribution < -0.4 is 0 Å². The molecule has 1 rings (SSSR count). The van der Waals surface area contributed by atoms with Crippen molar-refractivity contribution >= 4 is 12.2 Å². The van der Waals surface area contributed by atoms with Gasteiger partial charge in [0.25, 0.3) is 0 Å². The highest BCUT2D eigenvalue weighted by molar-refractivity contribution is 7.71. The van der Waals surface area contributed by atoms with Gasteiger partial charge in [-0.15, -0.1) is 0 Å². The summed E-state index contributed by atoms with van der Waals surface area (Å²) in [7, 11) is 0. The zero-order valence-corrected chi connectivity index (χ0v) is 5.96. The van der Waals surface area contributed by atoms with Crippen LogP contribution in [0.15, 0.2) is 12.4 Å². The molecule has 1 aromatic rings. The largest absolute Gasteiger partial charge is 0.436 e. The molecule has 0 aliphatic heterocycles. The SMILES string of the molecule is FC(F)(F)c1ncc[nH]c1=S. The number of halogens is 3. The third kappa shape index (κ3) is 1.76. The van der Waals surface area contributed by atoms with E-state index >= 15 is 0 Å². The number of aromatic amines is 1. The van der Waals surface area contributed by atoms with Crippen molar-refractivity contribution in [1.82, 2.24) is 9.97 Å². The minimum Gasteiger partial charge on any atom is -0.350 e. The highest BCUT2D eigenvalue weighted by Crippen LogP contribution is 2.27. The van der Waals surface area contributed by atoms with Crippen molar-refractivity contribution in [3.05, 3.63) is 22.7 Å². The van der Waals surface area contributed by atoms with Gasteiger partial charge < -0.3 is 4.98 Å². The Balaban J connectivity index is 3.26. The van der Waals surface area contributed by atoms with E-state index in [2.05, 4.69) is 22.2 Å². The van der Waals surface area contributed by atoms with Gasteiger partial charge in [0.05, 0.1) is 0 Å². The van der Waals surface area contributed by atoms with E-state index in [1.807, 2.05) is 0 Å². The van der Waals surface area contributed by atoms with Crippen molar-refractivity contribution in [2.75, 3.05) is 0 Å². The Morgan fingerprint density at radius 3 is 2.45 bits per heavy atom. The molecule has 0 fully saturated rings. The van der Waals surface area contributed by atoms with Crippen molar-refractivity contribution in [1.29, 1.82) is 0 Å². The third-order valence-corrected chi connectivity index (χ3v) is 1.29. The molecular formula is C5H3F3N2S. The van der Waals surface area contributed by atoms with Crippen LogP contribution in [0.2, 0.25) is 0 Å². The molecule has 0 bridgehead atoms. The Bertz CT molecular complexity index is 303. The summed E-state index contributed by atoms with van der Waals surface area (Å²) in [4.78, 5) is 5.33. The average molecular weight is 180 g/mol. The first-order valence-corrected chi connectivity index (χ1v) is 3.03. The van der Waals surface area contributed by atoms with Gasteiger partial charge in [-0.3, -0.25) is 0 Å². The number of H-pyrrole nitrogens is 1. The summed E-state index contributed by atoms with van der Waals surface area (Å²) in [6.07, 6.45) is -2.20. The molecule has 60 valence electrons. The van der Waals surface area contributed by atoms with E-state index in [1.165, 1.54) is 6.20 Å². The second kappa shape index (κ2) is 2.61. The molecule has 11 heavy (non-hydrogen) atoms. The minimum atomic E-state index is -4.46. The van der Waals surface area contributed by atoms with Gasteiger partial charge in [0.2, 0.25) is 0 Å². The van der Waals surface area contributed by atoms with Crippen LogP contribution >= 0.6 is 12.2 Å². The summed E-state index contributed by atoms with van der Waals surface area (Å²) in [6, 6.07) is 0. The summed E-state index contributed by atoms with van der Waals surface area (Å²) in [5.74, 6) is 0. The lowest BCUT2D eigenvalue weighted by atomic mass is 10.4. The lowest BCUT2D eigenvalue weighted by Gasteiger charge is -2.03. The van der Waals surface area contributed by atoms with Crippen LogP contribution in [-0.2, 0) is 6.18 Å². The van der Waals surface area contributed by atoms with Crippen LogP contribution in [-0.4, -0.2) is 9.97 Å². The van der Waals surface area contributed by atoms with Crippen LogP contribution in [0.5, 0.6) is 0 Å². The summed E-state index contributed by atoms with van der Waals surface area (Å²) in [5, 5.41) is 0. The maximum absolute atomic E-state index is 11.9. The molecule has 0 aromatic carbocycles. The molecule has 1 N–H and O–H groups in total. The standard InChI is InChI=1S/C5H3F3N2S/c6-5(7,8)3-4(11)10-2-1-9-3/h1-2H,(H,10,11). The van der Waals surface area contributed by atoms with Gasteiger partial charge >= 0.3 is 6.18 Å². The maximum Gasteiger partial charge on any atom is 0.436 e. The Hall–Kier alpha value is -0.910. The molecule has 0 aliphatic carbocycles. The van der Waals surface area contributed by atoms with Gasteiger partial charge in [-0.2, -0.15) is 13.2 Å². The highest BCUT2D eigenvalue weighted by atomic mass is 32.1. The number of nitrogens with zero attached hydrogens (tertiary/aromatic N) is 1. The molecule has 1 aromatic heterocycles. The lowest BCUT2D eigenvalue weighted by Crippen LogP contribution is -2.08. The Labute approximate surface area is 65.1 Å². The average Bonchev–Trinajstić information content (AvgIpc) is 1.86. The fourth-order valence-corrected chi connectivity index (χ4v) is 0.790. The van der Waals surface area contributed by atoms with Crippen molar-refractivity contribution < 1.29 is 13.2 Å². The maximum atomic E-state index is 11.9. The number of rotatable bonds is 0. The van der Waals surface area contributed by atoms with E-state index in [-0.39, 0.29) is 4.64 Å². The fourth-order valence-electron chi connectivity index (χ4n) is 0.554. The summed E-state index contributed by atoms with van der Waals surface area (Å²) >= 11 is 4.36. The van der Waals surface area contributed by atoms with E-state index in [1.54, 1.807) is 0 Å². The molecule has 0 unspecified atom stereocenters. The Kier molecular flexibility index (Phi) is 1.95. The molecule has 6 heteroatoms. The van der Waals surface area contributed by atoms with Gasteiger partial charge in [-0.1, -0.05) is 12.2 Å². The molecule has 0 saturated carbocycles. The quantitative estimate of drug-likeness (QED) is 0.620. The van der Waals surface area contributed by atoms with Gasteiger partial charge in [0.1, 0.15) is 4.64 Å². The number of hydrogen-bond donors (Lipinski definition) is 1. The van der Waals surface area contributed by atoms with Crippen LogP contribution in [0.4, 0.5) is 13.2 Å². The molecule has 0 saturated heterocycles. The van der Waals surface area contributed by atoms with Crippen molar-refractivity contribution in [2.24, 2.45) is 0 Å². The molecule has 0 atom stereocenters. The fraction of sp³-hybridized carbons (Fsp3) is 0.200. The Morgan fingerprint density at radius 1 is 1.45 bits per heavy atom. The molecular weight excluding hydrogens is 177 g/mol. The first-order valence-electron chi connectivity index (χ1n) is 2.62. The van der Waals surface area contributed by atoms with Crippen LogP contribution in [0.25, 0.3) is 0 Å². The first kappa shape index (κ1) is 8.19. The molecule has 0 spiro atoms. The minimum absolute atomic E-state index is 0.389. The summed E-state index contributed by atoms with van der Waals surface area (Å²) < 4.78 is 35.3. The zero-order chi connectivity index (χ0) is 8.48. The van der Waals surface area contributed by atoms with E-state index in [0.29, 0.717) is 0 Å². The first-order chi connectivity index (χ1) is 5.02. The molecule has 0 radical (unpaired) electrons. The number of alkyl halides is 3. The third-order valence-electron chi connectivity index (χ3n) is 0.976. The van der Waals surface area contributed by atoms with Crippen molar-refractivity contribution in [2.45, 2.75) is 6.18 Å². The summed E-state index contributed by atoms with van der Waals surface area (Å²) in [5.41, 5.74) is -1.05. The monoisotopic (exact) mass is 180 g/mol. The highest BCUT2D eigenvalue weighted by Gasteiger charge is 2.33. The van der Waals surface area contributed by atoms with Gasteiger partial charge in [-0.25, -0.2) is 4.98 Å². The van der Waals surface area contributed by atoms with Gasteiger partial charge in [-0.05, 0) is 0 Å². The van der Waals surface area contributed by atoms with Crippen LogP contribution in [0, 0.1) is 4.64 Å². The van der Waals surface area contributed by atoms with E-state index in [4.69, 9.17) is 0 Å². The second-order valence-electron chi connectivity index (χ2n) is 1.76. The van der Waals surface area contributed by atoms with E-state index < -0.39 is 11.9 Å². The predicted molar refractivity (Wildman–Crippen MR) is 34.4 cm³/mol. The van der Waals surface area contributed by atoms with E-state index in [9.17, 15) is 13.2 Å². The second-order valence-corrected chi connectivity index (χ2v) is 2.17. The number of nitrogens with one attached hydrogen (secondary N) is 1. The normalized spacial score (nSPS) is 11.5.